The first-order valence-electron chi connectivity index (χ1n) is 20.1. The summed E-state index contributed by atoms with van der Waals surface area (Å²) in [5.74, 6) is -1.78. The van der Waals surface area contributed by atoms with Crippen LogP contribution in [0.1, 0.15) is 43.1 Å². The van der Waals surface area contributed by atoms with Crippen molar-refractivity contribution in [1.82, 2.24) is 49.9 Å². The number of pyridine rings is 1. The summed E-state index contributed by atoms with van der Waals surface area (Å²) in [6.07, 6.45) is -9.48. The molecule has 4 N–H and O–H groups in total. The number of rotatable bonds is 9. The van der Waals surface area contributed by atoms with Gasteiger partial charge in [0.15, 0.2) is 65.3 Å². The number of halogens is 2. The van der Waals surface area contributed by atoms with Gasteiger partial charge in [0.05, 0.1) is 40.9 Å². The number of fused-ring (bicyclic) bond motifs is 5. The van der Waals surface area contributed by atoms with Gasteiger partial charge in [-0.25, -0.2) is 23.7 Å². The van der Waals surface area contributed by atoms with Crippen molar-refractivity contribution in [3.8, 4) is 6.07 Å². The molecule has 9 rings (SSSR count). The molecule has 2 amide bonds. The van der Waals surface area contributed by atoms with E-state index in [0.717, 1.165) is 15.7 Å². The molecule has 25 nitrogen and oxygen atoms in total. The number of alkyl halides is 2. The minimum Gasteiger partial charge on any atom is -0.786 e. The molecule has 3 saturated heterocycles. The molecule has 3 fully saturated rings. The first-order valence-corrected chi connectivity index (χ1v) is 23.8. The molecule has 2 bridgehead atoms. The van der Waals surface area contributed by atoms with Crippen molar-refractivity contribution in [1.29, 1.82) is 5.26 Å². The van der Waals surface area contributed by atoms with E-state index in [1.807, 2.05) is 36.7 Å². The number of anilines is 2. The molecule has 3 aliphatic heterocycles. The highest BCUT2D eigenvalue weighted by Crippen LogP contribution is 2.55. The fourth-order valence-corrected chi connectivity index (χ4v) is 9.48. The molecule has 1 aromatic carbocycles. The molecule has 0 radical (unpaired) electrons. The van der Waals surface area contributed by atoms with Gasteiger partial charge in [-0.2, -0.15) is 19.6 Å². The van der Waals surface area contributed by atoms with Crippen molar-refractivity contribution in [2.75, 3.05) is 30.5 Å². The van der Waals surface area contributed by atoms with E-state index < -0.39 is 101 Å². The predicted molar refractivity (Wildman–Crippen MR) is 227 cm³/mol. The molecule has 30 heteroatoms. The minimum absolute atomic E-state index is 0.0195. The van der Waals surface area contributed by atoms with Gasteiger partial charge in [0.2, 0.25) is 11.9 Å². The number of nitrogens with zero attached hydrogens (tertiary/aromatic N) is 10. The van der Waals surface area contributed by atoms with E-state index in [1.54, 1.807) is 44.2 Å². The van der Waals surface area contributed by atoms with Gasteiger partial charge < -0.3 is 37.8 Å². The molecule has 10 atom stereocenters. The summed E-state index contributed by atoms with van der Waals surface area (Å²) in [4.78, 5) is 69.3. The Labute approximate surface area is 382 Å². The van der Waals surface area contributed by atoms with Crippen molar-refractivity contribution in [3.63, 3.8) is 0 Å². The first-order chi connectivity index (χ1) is 32.3. The van der Waals surface area contributed by atoms with Crippen LogP contribution in [-0.2, 0) is 48.7 Å². The highest BCUT2D eigenvalue weighted by atomic mass is 32.5. The van der Waals surface area contributed by atoms with Gasteiger partial charge in [-0.1, -0.05) is 48.5 Å². The number of H-pyrrole nitrogens is 2. The zero-order valence-corrected chi connectivity index (χ0v) is 37.5. The largest absolute Gasteiger partial charge is 0.786 e. The number of ether oxygens (including phenoxy) is 2. The van der Waals surface area contributed by atoms with Crippen LogP contribution in [0, 0.1) is 17.2 Å². The van der Waals surface area contributed by atoms with Crippen LogP contribution >= 0.6 is 15.3 Å². The van der Waals surface area contributed by atoms with E-state index in [-0.39, 0.29) is 47.1 Å². The molecule has 0 aliphatic carbocycles. The summed E-state index contributed by atoms with van der Waals surface area (Å²) >= 11 is 5.65. The van der Waals surface area contributed by atoms with Gasteiger partial charge >= 0.3 is 6.72 Å². The Balaban J connectivity index is 0.000000940. The van der Waals surface area contributed by atoms with Crippen molar-refractivity contribution in [2.45, 2.75) is 69.5 Å². The normalized spacial score (nSPS) is 27.4. The van der Waals surface area contributed by atoms with Crippen molar-refractivity contribution in [2.24, 2.45) is 5.92 Å². The maximum Gasteiger partial charge on any atom is 0.327 e. The number of nitriles is 1. The van der Waals surface area contributed by atoms with Gasteiger partial charge in [0, 0.05) is 23.6 Å². The molecule has 0 saturated carbocycles. The van der Waals surface area contributed by atoms with E-state index >= 15 is 8.78 Å². The summed E-state index contributed by atoms with van der Waals surface area (Å²) in [7, 11) is -3.26. The lowest BCUT2D eigenvalue weighted by molar-refractivity contribution is -0.378. The second kappa shape index (κ2) is 21.0. The summed E-state index contributed by atoms with van der Waals surface area (Å²) < 4.78 is 75.5. The molecular formula is C37H38F2N14O11P2S. The van der Waals surface area contributed by atoms with Crippen molar-refractivity contribution < 1.29 is 60.3 Å². The molecular weight excluding hydrogens is 949 g/mol. The number of aromatic nitrogens is 11. The summed E-state index contributed by atoms with van der Waals surface area (Å²) in [6, 6.07) is 16.0. The number of aromatic amines is 2. The average Bonchev–Trinajstić information content (AvgIpc) is 4.10. The fourth-order valence-electron chi connectivity index (χ4n) is 6.64. The van der Waals surface area contributed by atoms with Crippen LogP contribution in [0.4, 0.5) is 20.5 Å². The van der Waals surface area contributed by atoms with Crippen LogP contribution in [0.15, 0.2) is 72.0 Å². The van der Waals surface area contributed by atoms with Gasteiger partial charge in [-0.3, -0.25) is 29.2 Å². The lowest BCUT2D eigenvalue weighted by Crippen LogP contribution is -2.35. The standard InChI is InChI=1S/C32H32F2N13O11P2S.C5H5N/c1-14(2)27(48)40-32-39-26-21(29(50)41-32)43-45-47(26)31-23-18(33)16(55-31)12-54-60(61,53-10-6-9-35)58-22-17(11-52-59(51)57-23)56-30(19(22)34)46-25-20(42-44-46)24(36-13-37-25)38-28(49)15-7-4-3-5-8-15;1-2-4-6-5-3-1/h3-5,7-8,13-14,16-19,22-23,30-31H,6,10-12H2,1-2H3,(H,36,37,38,49)(H2,39,40,41,48,50);1-5H/q-1;/p+1/t16-,17-,18-,19+,22-,23+,30-,31-,59?,60?;/m1./s1. The number of benzene rings is 1. The fraction of sp³-hybridized carbons (Fsp3) is 0.405. The molecule has 67 heavy (non-hydrogen) atoms. The Kier molecular flexibility index (Phi) is 14.9. The molecule has 8 heterocycles. The van der Waals surface area contributed by atoms with Crippen molar-refractivity contribution in [3.05, 3.63) is 83.2 Å². The molecule has 5 aromatic heterocycles. The number of amides is 2. The molecule has 3 aliphatic rings. The third-order valence-corrected chi connectivity index (χ3v) is 13.0. The number of carbonyl (C=O) groups excluding carboxylic acids is 2. The van der Waals surface area contributed by atoms with Gasteiger partial charge in [-0.15, -0.1) is 10.2 Å². The lowest BCUT2D eigenvalue weighted by atomic mass is 10.1. The van der Waals surface area contributed by atoms with Crippen LogP contribution in [0.2, 0.25) is 0 Å². The van der Waals surface area contributed by atoms with E-state index in [4.69, 9.17) is 43.9 Å². The second-order valence-corrected chi connectivity index (χ2v) is 18.6. The predicted octanol–water partition coefficient (Wildman–Crippen LogP) is 2.13. The summed E-state index contributed by atoms with van der Waals surface area (Å²) in [6.45, 7) is -2.70. The minimum atomic E-state index is -4.15. The van der Waals surface area contributed by atoms with Crippen LogP contribution < -0.4 is 26.1 Å². The van der Waals surface area contributed by atoms with Crippen LogP contribution in [0.25, 0.3) is 22.3 Å². The Morgan fingerprint density at radius 3 is 2.42 bits per heavy atom. The van der Waals surface area contributed by atoms with Gasteiger partial charge in [0.25, 0.3) is 11.5 Å². The molecule has 6 aromatic rings. The number of carbonyl (C=O) groups is 2. The Morgan fingerprint density at radius 1 is 1.00 bits per heavy atom. The third-order valence-electron chi connectivity index (χ3n) is 9.91. The maximum absolute atomic E-state index is 16.7. The van der Waals surface area contributed by atoms with E-state index in [2.05, 4.69) is 56.2 Å². The topological polar surface area (TPSA) is 317 Å². The highest BCUT2D eigenvalue weighted by molar-refractivity contribution is 8.07. The van der Waals surface area contributed by atoms with E-state index in [9.17, 15) is 24.5 Å². The summed E-state index contributed by atoms with van der Waals surface area (Å²) in [5, 5.41) is 30.1. The monoisotopic (exact) mass is 986 g/mol. The Morgan fingerprint density at radius 2 is 1.72 bits per heavy atom. The van der Waals surface area contributed by atoms with Crippen LogP contribution in [-0.4, -0.2) is 118 Å². The number of hydrogen-bond donors (Lipinski definition) is 3. The zero-order chi connectivity index (χ0) is 47.2. The first kappa shape index (κ1) is 47.7. The zero-order valence-electron chi connectivity index (χ0n) is 34.9. The Hall–Kier alpha value is -5.82. The summed E-state index contributed by atoms with van der Waals surface area (Å²) in [5.41, 5.74) is -1.14. The molecule has 0 spiro atoms. The average molecular weight is 987 g/mol. The Bertz CT molecular complexity index is 2820. The smallest absolute Gasteiger partial charge is 0.327 e. The van der Waals surface area contributed by atoms with E-state index in [0.29, 0.717) is 5.56 Å². The van der Waals surface area contributed by atoms with Gasteiger partial charge in [0.1, 0.15) is 30.7 Å². The number of hydrogen-bond acceptors (Lipinski definition) is 20. The second-order valence-electron chi connectivity index (χ2n) is 14.8. The molecule has 2 unspecified atom stereocenters. The quantitative estimate of drug-likeness (QED) is 0.138. The van der Waals surface area contributed by atoms with Gasteiger partial charge in [-0.05, 0) is 23.9 Å². The van der Waals surface area contributed by atoms with Crippen LogP contribution in [0.5, 0.6) is 0 Å². The number of nitrogens with one attached hydrogen (secondary N) is 4. The SMILES string of the molecule is CC(C)C(=O)Nc1nc2c(nnn2[C@@H]2O[C@@H]3COP(=S)(OCCC#N)O[C@H]4[C@H](F)[C@H](n5nnc6c(NC(=O)c7ccccc7)ncnc65)O[C@@H]4COP([O-])O[C@H]2[C@@H]3F)c(=O)[nH]1.c1cc[nH+]cc1. The lowest BCUT2D eigenvalue weighted by Gasteiger charge is -2.31. The maximum atomic E-state index is 16.7. The molecule has 352 valence electrons. The van der Waals surface area contributed by atoms with Crippen molar-refractivity contribution >= 4 is 73.0 Å². The highest BCUT2D eigenvalue weighted by Gasteiger charge is 2.53. The van der Waals surface area contributed by atoms with Crippen LogP contribution in [0.3, 0.4) is 0 Å². The third kappa shape index (κ3) is 10.7. The van der Waals surface area contributed by atoms with E-state index in [1.165, 1.54) is 0 Å².